The third-order valence-corrected chi connectivity index (χ3v) is 3.48. The molecule has 9 nitrogen and oxygen atoms in total. The van der Waals surface area contributed by atoms with Crippen molar-refractivity contribution in [1.29, 1.82) is 0 Å². The summed E-state index contributed by atoms with van der Waals surface area (Å²) in [5, 5.41) is 32.8. The molecule has 0 aliphatic carbocycles. The van der Waals surface area contributed by atoms with Crippen LogP contribution in [0.15, 0.2) is 10.4 Å². The van der Waals surface area contributed by atoms with E-state index >= 15 is 0 Å². The summed E-state index contributed by atoms with van der Waals surface area (Å²) in [6.45, 7) is 1.33. The molecule has 0 aromatic rings. The Morgan fingerprint density at radius 1 is 1.00 bits per heavy atom. The molecule has 0 saturated heterocycles. The lowest BCUT2D eigenvalue weighted by molar-refractivity contribution is -0.155. The maximum atomic E-state index is 11.7. The molecule has 3 N–H and O–H groups in total. The normalized spacial score (nSPS) is 16.2. The largest absolute Gasteiger partial charge is 0.464 e. The average molecular weight is 334 g/mol. The standard InChI is InChI=1S/C14H26N2O7/c1-2-3-4-5-6-7-8-23-14(20)13(19)12(16-22)11(15-21)10(18)9-17/h10-13,17-19H,2-9H2,1H3. The maximum Gasteiger partial charge on any atom is 0.337 e. The molecule has 0 aromatic heterocycles. The molecular formula is C14H26N2O7. The molecular weight excluding hydrogens is 308 g/mol. The van der Waals surface area contributed by atoms with Crippen LogP contribution in [0.4, 0.5) is 0 Å². The van der Waals surface area contributed by atoms with Crippen LogP contribution in [0.1, 0.15) is 45.4 Å². The molecule has 0 amide bonds. The highest BCUT2D eigenvalue weighted by Crippen LogP contribution is 2.14. The number of aliphatic hydroxyl groups excluding tert-OH is 3. The molecule has 134 valence electrons. The van der Waals surface area contributed by atoms with Crippen molar-refractivity contribution in [2.24, 2.45) is 10.4 Å². The first kappa shape index (κ1) is 21.6. The molecule has 0 aliphatic rings. The molecule has 0 saturated carbocycles. The number of unbranched alkanes of at least 4 members (excludes halogenated alkanes) is 5. The lowest BCUT2D eigenvalue weighted by atomic mass is 9.99. The van der Waals surface area contributed by atoms with E-state index in [4.69, 9.17) is 9.84 Å². The summed E-state index contributed by atoms with van der Waals surface area (Å²) in [6, 6.07) is -3.54. The van der Waals surface area contributed by atoms with Gasteiger partial charge in [-0.1, -0.05) is 49.4 Å². The van der Waals surface area contributed by atoms with Crippen LogP contribution in [-0.4, -0.2) is 58.8 Å². The van der Waals surface area contributed by atoms with Crippen LogP contribution in [0.2, 0.25) is 0 Å². The number of rotatable bonds is 14. The summed E-state index contributed by atoms with van der Waals surface area (Å²) in [7, 11) is 0. The molecule has 0 radical (unpaired) electrons. The first-order valence-corrected chi connectivity index (χ1v) is 7.82. The van der Waals surface area contributed by atoms with Gasteiger partial charge in [-0.05, 0) is 6.42 Å². The zero-order valence-corrected chi connectivity index (χ0v) is 13.3. The van der Waals surface area contributed by atoms with E-state index in [1.165, 1.54) is 0 Å². The Kier molecular flexibility index (Phi) is 12.2. The van der Waals surface area contributed by atoms with Gasteiger partial charge in [0.1, 0.15) is 12.1 Å². The lowest BCUT2D eigenvalue weighted by Crippen LogP contribution is -2.47. The molecule has 9 heteroatoms. The summed E-state index contributed by atoms with van der Waals surface area (Å²) in [4.78, 5) is 33.0. The van der Waals surface area contributed by atoms with E-state index in [0.29, 0.717) is 6.42 Å². The van der Waals surface area contributed by atoms with Crippen LogP contribution < -0.4 is 0 Å². The molecule has 0 aliphatic heterocycles. The van der Waals surface area contributed by atoms with E-state index in [0.717, 1.165) is 32.1 Å². The molecule has 4 unspecified atom stereocenters. The number of ether oxygens (including phenoxy) is 1. The van der Waals surface area contributed by atoms with Crippen molar-refractivity contribution in [3.8, 4) is 0 Å². The monoisotopic (exact) mass is 334 g/mol. The SMILES string of the molecule is CCCCCCCCOC(=O)C(O)C(N=O)C(N=O)C(O)CO. The van der Waals surface area contributed by atoms with Gasteiger partial charge in [0, 0.05) is 0 Å². The Morgan fingerprint density at radius 2 is 1.57 bits per heavy atom. The molecule has 0 aromatic carbocycles. The zero-order chi connectivity index (χ0) is 17.7. The number of hydrogen-bond donors (Lipinski definition) is 3. The Bertz CT molecular complexity index is 354. The van der Waals surface area contributed by atoms with Gasteiger partial charge in [0.15, 0.2) is 12.1 Å². The fourth-order valence-corrected chi connectivity index (χ4v) is 2.05. The third kappa shape index (κ3) is 8.10. The van der Waals surface area contributed by atoms with Crippen molar-refractivity contribution in [3.63, 3.8) is 0 Å². The fourth-order valence-electron chi connectivity index (χ4n) is 2.05. The summed E-state index contributed by atoms with van der Waals surface area (Å²) in [5.74, 6) is -1.11. The Labute approximate surface area is 135 Å². The number of aliphatic hydroxyl groups is 3. The summed E-state index contributed by atoms with van der Waals surface area (Å²) >= 11 is 0. The quantitative estimate of drug-likeness (QED) is 0.243. The Hall–Kier alpha value is -1.45. The summed E-state index contributed by atoms with van der Waals surface area (Å²) in [6.07, 6.45) is 2.19. The van der Waals surface area contributed by atoms with Crippen molar-refractivity contribution in [1.82, 2.24) is 0 Å². The van der Waals surface area contributed by atoms with Crippen LogP contribution in [0.5, 0.6) is 0 Å². The second-order valence-corrected chi connectivity index (χ2v) is 5.32. The van der Waals surface area contributed by atoms with Crippen LogP contribution in [0.25, 0.3) is 0 Å². The van der Waals surface area contributed by atoms with Gasteiger partial charge in [0.05, 0.1) is 13.2 Å². The second kappa shape index (κ2) is 13.0. The van der Waals surface area contributed by atoms with Crippen molar-refractivity contribution in [3.05, 3.63) is 9.81 Å². The Morgan fingerprint density at radius 3 is 2.09 bits per heavy atom. The van der Waals surface area contributed by atoms with E-state index in [1.807, 2.05) is 0 Å². The first-order valence-electron chi connectivity index (χ1n) is 7.82. The fraction of sp³-hybridized carbons (Fsp3) is 0.929. The van der Waals surface area contributed by atoms with Gasteiger partial charge >= 0.3 is 5.97 Å². The molecule has 23 heavy (non-hydrogen) atoms. The van der Waals surface area contributed by atoms with Crippen LogP contribution in [0, 0.1) is 9.81 Å². The Balaban J connectivity index is 4.28. The van der Waals surface area contributed by atoms with E-state index in [1.54, 1.807) is 0 Å². The maximum absolute atomic E-state index is 11.7. The predicted molar refractivity (Wildman–Crippen MR) is 82.6 cm³/mol. The van der Waals surface area contributed by atoms with Crippen LogP contribution in [-0.2, 0) is 9.53 Å². The van der Waals surface area contributed by atoms with E-state index < -0.39 is 36.9 Å². The number of esters is 1. The number of carbonyl (C=O) groups excluding carboxylic acids is 1. The molecule has 0 fully saturated rings. The zero-order valence-electron chi connectivity index (χ0n) is 13.3. The second-order valence-electron chi connectivity index (χ2n) is 5.32. The summed E-state index contributed by atoms with van der Waals surface area (Å²) < 4.78 is 4.83. The topological polar surface area (TPSA) is 146 Å². The van der Waals surface area contributed by atoms with E-state index in [9.17, 15) is 24.8 Å². The minimum Gasteiger partial charge on any atom is -0.464 e. The van der Waals surface area contributed by atoms with Crippen molar-refractivity contribution in [2.45, 2.75) is 69.7 Å². The van der Waals surface area contributed by atoms with Crippen LogP contribution in [0.3, 0.4) is 0 Å². The van der Waals surface area contributed by atoms with Gasteiger partial charge < -0.3 is 20.1 Å². The number of nitrogens with zero attached hydrogens (tertiary/aromatic N) is 2. The smallest absolute Gasteiger partial charge is 0.337 e. The van der Waals surface area contributed by atoms with E-state index in [2.05, 4.69) is 17.3 Å². The minimum atomic E-state index is -2.02. The van der Waals surface area contributed by atoms with Crippen molar-refractivity contribution in [2.75, 3.05) is 13.2 Å². The van der Waals surface area contributed by atoms with Gasteiger partial charge in [-0.25, -0.2) is 4.79 Å². The highest BCUT2D eigenvalue weighted by Gasteiger charge is 2.40. The molecule has 0 bridgehead atoms. The van der Waals surface area contributed by atoms with Gasteiger partial charge in [-0.2, -0.15) is 9.81 Å². The third-order valence-electron chi connectivity index (χ3n) is 3.48. The first-order chi connectivity index (χ1) is 11.0. The molecule has 0 heterocycles. The highest BCUT2D eigenvalue weighted by atomic mass is 16.5. The molecule has 0 rings (SSSR count). The van der Waals surface area contributed by atoms with Crippen LogP contribution >= 0.6 is 0 Å². The summed E-state index contributed by atoms with van der Waals surface area (Å²) in [5.41, 5.74) is 0. The number of hydrogen-bond acceptors (Lipinski definition) is 9. The van der Waals surface area contributed by atoms with Gasteiger partial charge in [-0.3, -0.25) is 0 Å². The highest BCUT2D eigenvalue weighted by molar-refractivity contribution is 5.75. The van der Waals surface area contributed by atoms with Crippen molar-refractivity contribution >= 4 is 5.97 Å². The number of nitroso groups, excluding NO2 is 2. The minimum absolute atomic E-state index is 0.0787. The molecule has 0 spiro atoms. The molecule has 4 atom stereocenters. The lowest BCUT2D eigenvalue weighted by Gasteiger charge is -2.22. The van der Waals surface area contributed by atoms with Gasteiger partial charge in [-0.15, -0.1) is 0 Å². The average Bonchev–Trinajstić information content (AvgIpc) is 2.57. The van der Waals surface area contributed by atoms with Gasteiger partial charge in [0.25, 0.3) is 0 Å². The number of carbonyl (C=O) groups is 1. The van der Waals surface area contributed by atoms with E-state index in [-0.39, 0.29) is 6.61 Å². The predicted octanol–water partition coefficient (Wildman–Crippen LogP) is 0.874. The van der Waals surface area contributed by atoms with Crippen molar-refractivity contribution < 1.29 is 24.9 Å². The van der Waals surface area contributed by atoms with Gasteiger partial charge in [0.2, 0.25) is 0 Å².